The minimum absolute atomic E-state index is 0.438. The molecule has 5 N–H and O–H groups in total. The average molecular weight is 316 g/mol. The summed E-state index contributed by atoms with van der Waals surface area (Å²) in [6.45, 7) is 0. The summed E-state index contributed by atoms with van der Waals surface area (Å²) in [4.78, 5) is 22.2. The second kappa shape index (κ2) is 7.60. The van der Waals surface area contributed by atoms with Crippen LogP contribution in [-0.4, -0.2) is 70.1 Å². The number of nitriles is 1. The summed E-state index contributed by atoms with van der Waals surface area (Å²) < 4.78 is 9.55. The van der Waals surface area contributed by atoms with E-state index in [0.717, 1.165) is 13.2 Å². The van der Waals surface area contributed by atoms with Crippen LogP contribution in [0.25, 0.3) is 0 Å². The predicted molar refractivity (Wildman–Crippen MR) is 68.2 cm³/mol. The molecule has 0 aromatic rings. The van der Waals surface area contributed by atoms with Crippen LogP contribution >= 0.6 is 0 Å². The van der Waals surface area contributed by atoms with Gasteiger partial charge in [-0.25, -0.2) is 9.59 Å². The SMILES string of the molecule is COC(=O)C1=C[C@H](O)[C@@H](NC(=O)O)[C@H]([C@@H](O)[C@@H](O)CC#N)O1. The smallest absolute Gasteiger partial charge is 0.405 e. The number of nitrogens with one attached hydrogen (secondary N) is 1. The molecule has 5 atom stereocenters. The molecule has 0 bridgehead atoms. The summed E-state index contributed by atoms with van der Waals surface area (Å²) in [5, 5.41) is 48.8. The maximum absolute atomic E-state index is 11.4. The van der Waals surface area contributed by atoms with Crippen molar-refractivity contribution in [2.45, 2.75) is 36.9 Å². The number of rotatable bonds is 5. The molecule has 1 rings (SSSR count). The zero-order valence-electron chi connectivity index (χ0n) is 11.5. The zero-order chi connectivity index (χ0) is 16.9. The minimum Gasteiger partial charge on any atom is -0.478 e. The van der Waals surface area contributed by atoms with E-state index in [-0.39, 0.29) is 0 Å². The lowest BCUT2D eigenvalue weighted by Gasteiger charge is -2.37. The molecule has 10 heteroatoms. The van der Waals surface area contributed by atoms with Gasteiger partial charge in [0.2, 0.25) is 5.76 Å². The van der Waals surface area contributed by atoms with Crippen LogP contribution in [0.15, 0.2) is 11.8 Å². The molecular weight excluding hydrogens is 300 g/mol. The number of hydrogen-bond acceptors (Lipinski definition) is 8. The highest BCUT2D eigenvalue weighted by Gasteiger charge is 2.43. The van der Waals surface area contributed by atoms with E-state index in [4.69, 9.17) is 15.1 Å². The van der Waals surface area contributed by atoms with Crippen molar-refractivity contribution in [3.05, 3.63) is 11.8 Å². The first-order valence-corrected chi connectivity index (χ1v) is 6.19. The van der Waals surface area contributed by atoms with E-state index in [0.29, 0.717) is 0 Å². The van der Waals surface area contributed by atoms with Gasteiger partial charge >= 0.3 is 12.1 Å². The van der Waals surface area contributed by atoms with Crippen molar-refractivity contribution in [3.8, 4) is 6.07 Å². The number of ether oxygens (including phenoxy) is 2. The van der Waals surface area contributed by atoms with Crippen LogP contribution in [-0.2, 0) is 14.3 Å². The summed E-state index contributed by atoms with van der Waals surface area (Å²) in [6, 6.07) is 0.276. The predicted octanol–water partition coefficient (Wildman–Crippen LogP) is -1.93. The van der Waals surface area contributed by atoms with Gasteiger partial charge in [0.05, 0.1) is 25.7 Å². The van der Waals surface area contributed by atoms with Crippen LogP contribution in [0.1, 0.15) is 6.42 Å². The van der Waals surface area contributed by atoms with E-state index in [9.17, 15) is 24.9 Å². The molecule has 0 radical (unpaired) electrons. The monoisotopic (exact) mass is 316 g/mol. The van der Waals surface area contributed by atoms with Gasteiger partial charge in [-0.3, -0.25) is 0 Å². The highest BCUT2D eigenvalue weighted by Crippen LogP contribution is 2.24. The number of amides is 1. The molecule has 122 valence electrons. The molecule has 0 aromatic heterocycles. The fraction of sp³-hybridized carbons (Fsp3) is 0.583. The number of carbonyl (C=O) groups excluding carboxylic acids is 1. The Bertz CT molecular complexity index is 500. The van der Waals surface area contributed by atoms with Crippen LogP contribution in [0.2, 0.25) is 0 Å². The van der Waals surface area contributed by atoms with Crippen LogP contribution in [0.3, 0.4) is 0 Å². The second-order valence-electron chi connectivity index (χ2n) is 4.49. The van der Waals surface area contributed by atoms with E-state index >= 15 is 0 Å². The maximum Gasteiger partial charge on any atom is 0.405 e. The Morgan fingerprint density at radius 1 is 1.55 bits per heavy atom. The molecule has 0 saturated heterocycles. The maximum atomic E-state index is 11.4. The first-order chi connectivity index (χ1) is 10.3. The number of carboxylic acid groups (broad SMARTS) is 1. The van der Waals surface area contributed by atoms with Crippen LogP contribution in [0.4, 0.5) is 4.79 Å². The molecule has 1 aliphatic heterocycles. The Labute approximate surface area is 125 Å². The highest BCUT2D eigenvalue weighted by molar-refractivity contribution is 5.86. The number of aliphatic hydroxyl groups excluding tert-OH is 3. The topological polar surface area (TPSA) is 169 Å². The van der Waals surface area contributed by atoms with E-state index in [1.54, 1.807) is 6.07 Å². The van der Waals surface area contributed by atoms with Crippen LogP contribution in [0.5, 0.6) is 0 Å². The van der Waals surface area contributed by atoms with Gasteiger partial charge in [-0.15, -0.1) is 0 Å². The van der Waals surface area contributed by atoms with Crippen molar-refractivity contribution in [2.24, 2.45) is 0 Å². The van der Waals surface area contributed by atoms with Crippen molar-refractivity contribution in [1.29, 1.82) is 5.26 Å². The fourth-order valence-corrected chi connectivity index (χ4v) is 1.95. The summed E-state index contributed by atoms with van der Waals surface area (Å²) in [7, 11) is 1.07. The Kier molecular flexibility index (Phi) is 6.11. The molecule has 0 aromatic carbocycles. The number of esters is 1. The molecule has 0 unspecified atom stereocenters. The van der Waals surface area contributed by atoms with Gasteiger partial charge in [0.15, 0.2) is 6.10 Å². The summed E-state index contributed by atoms with van der Waals surface area (Å²) >= 11 is 0. The molecule has 0 fully saturated rings. The number of carbonyl (C=O) groups is 2. The Hall–Kier alpha value is -2.35. The molecule has 1 aliphatic rings. The standard InChI is InChI=1S/C12H16N2O8/c1-21-11(18)7-4-6(16)8(14-12(19)20)10(22-7)9(17)5(15)2-3-13/h4-6,8-10,14-17H,2H2,1H3,(H,19,20)/t5-,6-,8+,9-,10+/m0/s1. The molecule has 1 amide bonds. The van der Waals surface area contributed by atoms with Crippen molar-refractivity contribution < 1.29 is 39.5 Å². The van der Waals surface area contributed by atoms with Gasteiger partial charge in [-0.2, -0.15) is 5.26 Å². The Morgan fingerprint density at radius 2 is 2.18 bits per heavy atom. The normalized spacial score (nSPS) is 26.7. The number of hydrogen-bond donors (Lipinski definition) is 5. The lowest BCUT2D eigenvalue weighted by molar-refractivity contribution is -0.149. The molecule has 0 aliphatic carbocycles. The van der Waals surface area contributed by atoms with Crippen molar-refractivity contribution >= 4 is 12.1 Å². The quantitative estimate of drug-likeness (QED) is 0.362. The number of methoxy groups -OCH3 is 1. The average Bonchev–Trinajstić information content (AvgIpc) is 2.47. The van der Waals surface area contributed by atoms with Crippen molar-refractivity contribution in [1.82, 2.24) is 5.32 Å². The third-order valence-corrected chi connectivity index (χ3v) is 3.02. The third kappa shape index (κ3) is 4.08. The number of aliphatic hydroxyl groups is 3. The second-order valence-corrected chi connectivity index (χ2v) is 4.49. The summed E-state index contributed by atoms with van der Waals surface area (Å²) in [5.41, 5.74) is 0. The van der Waals surface area contributed by atoms with E-state index in [1.165, 1.54) is 0 Å². The van der Waals surface area contributed by atoms with Crippen molar-refractivity contribution in [3.63, 3.8) is 0 Å². The van der Waals surface area contributed by atoms with E-state index < -0.39 is 54.7 Å². The summed E-state index contributed by atoms with van der Waals surface area (Å²) in [6.07, 6.45) is -7.31. The molecule has 22 heavy (non-hydrogen) atoms. The van der Waals surface area contributed by atoms with Gasteiger partial charge in [0, 0.05) is 0 Å². The molecular formula is C12H16N2O8. The lowest BCUT2D eigenvalue weighted by Crippen LogP contribution is -2.59. The molecule has 1 heterocycles. The largest absolute Gasteiger partial charge is 0.478 e. The third-order valence-electron chi connectivity index (χ3n) is 3.02. The first-order valence-electron chi connectivity index (χ1n) is 6.19. The Balaban J connectivity index is 3.06. The van der Waals surface area contributed by atoms with E-state index in [1.807, 2.05) is 5.32 Å². The van der Waals surface area contributed by atoms with Gasteiger partial charge < -0.3 is 35.2 Å². The van der Waals surface area contributed by atoms with Gasteiger partial charge in [-0.1, -0.05) is 0 Å². The zero-order valence-corrected chi connectivity index (χ0v) is 11.5. The first kappa shape index (κ1) is 17.7. The van der Waals surface area contributed by atoms with Gasteiger partial charge in [-0.05, 0) is 6.08 Å². The highest BCUT2D eigenvalue weighted by atomic mass is 16.6. The lowest BCUT2D eigenvalue weighted by atomic mass is 9.93. The minimum atomic E-state index is -1.72. The Morgan fingerprint density at radius 3 is 2.68 bits per heavy atom. The molecule has 0 saturated carbocycles. The fourth-order valence-electron chi connectivity index (χ4n) is 1.95. The van der Waals surface area contributed by atoms with Crippen LogP contribution < -0.4 is 5.32 Å². The van der Waals surface area contributed by atoms with Gasteiger partial charge in [0.25, 0.3) is 0 Å². The van der Waals surface area contributed by atoms with E-state index in [2.05, 4.69) is 4.74 Å². The van der Waals surface area contributed by atoms with Crippen LogP contribution in [0, 0.1) is 11.3 Å². The summed E-state index contributed by atoms with van der Waals surface area (Å²) in [5.74, 6) is -1.38. The number of nitrogens with zero attached hydrogens (tertiary/aromatic N) is 1. The van der Waals surface area contributed by atoms with Crippen molar-refractivity contribution in [2.75, 3.05) is 7.11 Å². The molecule has 10 nitrogen and oxygen atoms in total. The van der Waals surface area contributed by atoms with Gasteiger partial charge in [0.1, 0.15) is 18.2 Å². The molecule has 0 spiro atoms.